The molecule has 0 saturated heterocycles. The zero-order valence-electron chi connectivity index (χ0n) is 15.3. The number of carbonyl (C=O) groups excluding carboxylic acids is 1. The summed E-state index contributed by atoms with van der Waals surface area (Å²) < 4.78 is 22.6. The molecule has 1 unspecified atom stereocenters. The molecular formula is C19H25N3O3S. The first-order chi connectivity index (χ1) is 12.3. The molecule has 7 heteroatoms. The predicted octanol–water partition coefficient (Wildman–Crippen LogP) is 2.67. The van der Waals surface area contributed by atoms with E-state index < -0.39 is 10.0 Å². The number of primary sulfonamides is 1. The van der Waals surface area contributed by atoms with Gasteiger partial charge in [0, 0.05) is 24.3 Å². The van der Waals surface area contributed by atoms with Gasteiger partial charge in [-0.15, -0.1) is 0 Å². The number of nitrogens with one attached hydrogen (secondary N) is 1. The van der Waals surface area contributed by atoms with E-state index in [1.807, 2.05) is 19.1 Å². The highest BCUT2D eigenvalue weighted by atomic mass is 32.2. The fourth-order valence-corrected chi connectivity index (χ4v) is 3.24. The molecule has 3 N–H and O–H groups in total. The lowest BCUT2D eigenvalue weighted by atomic mass is 10.1. The lowest BCUT2D eigenvalue weighted by Gasteiger charge is -2.21. The Balaban J connectivity index is 2.07. The van der Waals surface area contributed by atoms with E-state index in [4.69, 9.17) is 5.14 Å². The Kier molecular flexibility index (Phi) is 6.39. The molecule has 6 nitrogen and oxygen atoms in total. The number of hydrogen-bond acceptors (Lipinski definition) is 4. The van der Waals surface area contributed by atoms with Gasteiger partial charge in [-0.1, -0.05) is 12.1 Å². The summed E-state index contributed by atoms with van der Waals surface area (Å²) in [5.41, 5.74) is 2.46. The van der Waals surface area contributed by atoms with Gasteiger partial charge in [0.1, 0.15) is 0 Å². The molecule has 0 aliphatic carbocycles. The Bertz CT molecular complexity index is 843. The molecule has 0 saturated carbocycles. The van der Waals surface area contributed by atoms with Crippen molar-refractivity contribution in [2.75, 3.05) is 18.0 Å². The van der Waals surface area contributed by atoms with E-state index in [1.165, 1.54) is 12.1 Å². The summed E-state index contributed by atoms with van der Waals surface area (Å²) in [6, 6.07) is 13.4. The molecule has 0 radical (unpaired) electrons. The monoisotopic (exact) mass is 375 g/mol. The molecule has 2 aromatic carbocycles. The van der Waals surface area contributed by atoms with Crippen molar-refractivity contribution in [1.29, 1.82) is 0 Å². The van der Waals surface area contributed by atoms with Crippen molar-refractivity contribution < 1.29 is 13.2 Å². The molecule has 2 rings (SSSR count). The number of amides is 1. The van der Waals surface area contributed by atoms with Crippen molar-refractivity contribution in [2.45, 2.75) is 31.7 Å². The van der Waals surface area contributed by atoms with Crippen LogP contribution in [0.5, 0.6) is 0 Å². The standard InChI is InChI=1S/C19H25N3O3S/c1-4-22(5-2)17-10-6-16(7-11-17)19(23)21-14(3)15-8-12-18(13-9-15)26(20,24)25/h6-14H,4-5H2,1-3H3,(H,21,23)(H2,20,24,25). The summed E-state index contributed by atoms with van der Waals surface area (Å²) in [6.45, 7) is 7.84. The summed E-state index contributed by atoms with van der Waals surface area (Å²) in [6.07, 6.45) is 0. The van der Waals surface area contributed by atoms with Crippen molar-refractivity contribution in [3.05, 3.63) is 59.7 Å². The lowest BCUT2D eigenvalue weighted by Crippen LogP contribution is -2.27. The van der Waals surface area contributed by atoms with E-state index in [0.717, 1.165) is 24.3 Å². The number of hydrogen-bond donors (Lipinski definition) is 2. The van der Waals surface area contributed by atoms with Crippen molar-refractivity contribution in [3.8, 4) is 0 Å². The van der Waals surface area contributed by atoms with Gasteiger partial charge in [-0.25, -0.2) is 13.6 Å². The van der Waals surface area contributed by atoms with Crippen LogP contribution in [-0.4, -0.2) is 27.4 Å². The van der Waals surface area contributed by atoms with E-state index in [9.17, 15) is 13.2 Å². The summed E-state index contributed by atoms with van der Waals surface area (Å²) in [4.78, 5) is 14.7. The van der Waals surface area contributed by atoms with Crippen LogP contribution in [0.4, 0.5) is 5.69 Å². The fraction of sp³-hybridized carbons (Fsp3) is 0.316. The van der Waals surface area contributed by atoms with Crippen molar-refractivity contribution in [1.82, 2.24) is 5.32 Å². The molecule has 2 aromatic rings. The number of carbonyl (C=O) groups is 1. The average Bonchev–Trinajstić information content (AvgIpc) is 2.62. The highest BCUT2D eigenvalue weighted by Gasteiger charge is 2.13. The molecule has 140 valence electrons. The predicted molar refractivity (Wildman–Crippen MR) is 104 cm³/mol. The quantitative estimate of drug-likeness (QED) is 0.778. The second kappa shape index (κ2) is 8.33. The van der Waals surface area contributed by atoms with Crippen LogP contribution >= 0.6 is 0 Å². The molecule has 0 aromatic heterocycles. The van der Waals surface area contributed by atoms with E-state index in [-0.39, 0.29) is 16.8 Å². The van der Waals surface area contributed by atoms with Crippen LogP contribution in [-0.2, 0) is 10.0 Å². The van der Waals surface area contributed by atoms with E-state index in [2.05, 4.69) is 24.1 Å². The Labute approximate surface area is 155 Å². The zero-order valence-corrected chi connectivity index (χ0v) is 16.1. The number of nitrogens with two attached hydrogens (primary N) is 1. The van der Waals surface area contributed by atoms with Gasteiger partial charge in [0.2, 0.25) is 10.0 Å². The lowest BCUT2D eigenvalue weighted by molar-refractivity contribution is 0.0940. The zero-order chi connectivity index (χ0) is 19.3. The first-order valence-corrected chi connectivity index (χ1v) is 10.1. The average molecular weight is 375 g/mol. The van der Waals surface area contributed by atoms with Gasteiger partial charge in [0.25, 0.3) is 5.91 Å². The Morgan fingerprint density at radius 3 is 2.04 bits per heavy atom. The number of anilines is 1. The maximum atomic E-state index is 12.4. The molecule has 1 amide bonds. The number of sulfonamides is 1. The minimum atomic E-state index is -3.72. The second-order valence-corrected chi connectivity index (χ2v) is 7.59. The molecule has 0 aliphatic heterocycles. The largest absolute Gasteiger partial charge is 0.372 e. The second-order valence-electron chi connectivity index (χ2n) is 6.03. The Morgan fingerprint density at radius 2 is 1.58 bits per heavy atom. The topological polar surface area (TPSA) is 92.5 Å². The maximum absolute atomic E-state index is 12.4. The van der Waals surface area contributed by atoms with Gasteiger partial charge in [-0.3, -0.25) is 4.79 Å². The van der Waals surface area contributed by atoms with Crippen LogP contribution in [0.15, 0.2) is 53.4 Å². The van der Waals surface area contributed by atoms with Gasteiger partial charge < -0.3 is 10.2 Å². The molecule has 0 heterocycles. The van der Waals surface area contributed by atoms with Gasteiger partial charge in [0.05, 0.1) is 10.9 Å². The fourth-order valence-electron chi connectivity index (χ4n) is 2.72. The minimum Gasteiger partial charge on any atom is -0.372 e. The van der Waals surface area contributed by atoms with Crippen LogP contribution < -0.4 is 15.4 Å². The number of nitrogens with zero attached hydrogens (tertiary/aromatic N) is 1. The summed E-state index contributed by atoms with van der Waals surface area (Å²) in [5, 5.41) is 8.01. The summed E-state index contributed by atoms with van der Waals surface area (Å²) in [7, 11) is -3.72. The molecule has 1 atom stereocenters. The molecule has 0 bridgehead atoms. The van der Waals surface area contributed by atoms with Gasteiger partial charge in [0.15, 0.2) is 0 Å². The van der Waals surface area contributed by atoms with Gasteiger partial charge >= 0.3 is 0 Å². The van der Waals surface area contributed by atoms with Crippen molar-refractivity contribution in [2.24, 2.45) is 5.14 Å². The van der Waals surface area contributed by atoms with Gasteiger partial charge in [-0.2, -0.15) is 0 Å². The van der Waals surface area contributed by atoms with Crippen LogP contribution in [0, 0.1) is 0 Å². The van der Waals surface area contributed by atoms with E-state index >= 15 is 0 Å². The minimum absolute atomic E-state index is 0.0479. The molecule has 26 heavy (non-hydrogen) atoms. The first kappa shape index (κ1) is 19.9. The van der Waals surface area contributed by atoms with Crippen molar-refractivity contribution in [3.63, 3.8) is 0 Å². The van der Waals surface area contributed by atoms with Crippen LogP contribution in [0.2, 0.25) is 0 Å². The van der Waals surface area contributed by atoms with E-state index in [0.29, 0.717) is 5.56 Å². The van der Waals surface area contributed by atoms with Gasteiger partial charge in [-0.05, 0) is 62.7 Å². The SMILES string of the molecule is CCN(CC)c1ccc(C(=O)NC(C)c2ccc(S(N)(=O)=O)cc2)cc1. The number of benzene rings is 2. The third-order valence-electron chi connectivity index (χ3n) is 4.31. The Hall–Kier alpha value is -2.38. The normalized spacial score (nSPS) is 12.5. The molecular weight excluding hydrogens is 350 g/mol. The van der Waals surface area contributed by atoms with Crippen molar-refractivity contribution >= 4 is 21.6 Å². The Morgan fingerprint density at radius 1 is 1.04 bits per heavy atom. The molecule has 0 aliphatic rings. The first-order valence-electron chi connectivity index (χ1n) is 8.54. The van der Waals surface area contributed by atoms with E-state index in [1.54, 1.807) is 24.3 Å². The molecule has 0 fully saturated rings. The maximum Gasteiger partial charge on any atom is 0.251 e. The third kappa shape index (κ3) is 4.83. The molecule has 0 spiro atoms. The highest BCUT2D eigenvalue weighted by molar-refractivity contribution is 7.89. The third-order valence-corrected chi connectivity index (χ3v) is 5.24. The van der Waals surface area contributed by atoms with Crippen LogP contribution in [0.25, 0.3) is 0 Å². The van der Waals surface area contributed by atoms with Crippen LogP contribution in [0.3, 0.4) is 0 Å². The van der Waals surface area contributed by atoms with Crippen LogP contribution in [0.1, 0.15) is 42.7 Å². The summed E-state index contributed by atoms with van der Waals surface area (Å²) in [5.74, 6) is -0.181. The highest BCUT2D eigenvalue weighted by Crippen LogP contribution is 2.18. The summed E-state index contributed by atoms with van der Waals surface area (Å²) >= 11 is 0. The smallest absolute Gasteiger partial charge is 0.251 e. The number of rotatable bonds is 7.